The number of nitrogens with two attached hydrogens (primary N) is 1. The molecule has 0 bridgehead atoms. The summed E-state index contributed by atoms with van der Waals surface area (Å²) in [5.74, 6) is 1.06. The van der Waals surface area contributed by atoms with Crippen molar-refractivity contribution in [3.63, 3.8) is 0 Å². The highest BCUT2D eigenvalue weighted by atomic mass is 32.2. The van der Waals surface area contributed by atoms with Gasteiger partial charge in [-0.2, -0.15) is 11.8 Å². The Labute approximate surface area is 104 Å². The second-order valence-corrected chi connectivity index (χ2v) is 6.52. The Morgan fingerprint density at radius 1 is 1.25 bits per heavy atom. The summed E-state index contributed by atoms with van der Waals surface area (Å²) < 4.78 is 0. The lowest BCUT2D eigenvalue weighted by molar-refractivity contribution is 0.398. The summed E-state index contributed by atoms with van der Waals surface area (Å²) >= 11 is 1.97. The zero-order chi connectivity index (χ0) is 12.2. The summed E-state index contributed by atoms with van der Waals surface area (Å²) in [4.78, 5) is 0. The van der Waals surface area contributed by atoms with Crippen molar-refractivity contribution in [2.75, 3.05) is 6.54 Å². The quantitative estimate of drug-likeness (QED) is 0.866. The largest absolute Gasteiger partial charge is 0.329 e. The number of aryl methyl sites for hydroxylation is 1. The van der Waals surface area contributed by atoms with Crippen LogP contribution in [0.15, 0.2) is 24.3 Å². The van der Waals surface area contributed by atoms with Crippen LogP contribution in [0.3, 0.4) is 0 Å². The van der Waals surface area contributed by atoms with Gasteiger partial charge in [-0.1, -0.05) is 45.0 Å². The standard InChI is InChI=1S/C14H23NS/c1-11-7-5-6-8-12(11)10-16-13(9-15)14(2,3)4/h5-8,13H,9-10,15H2,1-4H3. The number of rotatable bonds is 4. The minimum Gasteiger partial charge on any atom is -0.329 e. The number of hydrogen-bond acceptors (Lipinski definition) is 2. The van der Waals surface area contributed by atoms with E-state index in [0.29, 0.717) is 5.25 Å². The first-order valence-corrected chi connectivity index (χ1v) is 6.86. The number of benzene rings is 1. The van der Waals surface area contributed by atoms with Crippen LogP contribution < -0.4 is 5.73 Å². The van der Waals surface area contributed by atoms with Crippen LogP contribution in [0.25, 0.3) is 0 Å². The number of hydrogen-bond donors (Lipinski definition) is 1. The molecule has 0 saturated heterocycles. The first-order chi connectivity index (χ1) is 7.45. The van der Waals surface area contributed by atoms with E-state index in [-0.39, 0.29) is 5.41 Å². The van der Waals surface area contributed by atoms with E-state index < -0.39 is 0 Å². The molecule has 0 aliphatic heterocycles. The molecule has 90 valence electrons. The summed E-state index contributed by atoms with van der Waals surface area (Å²) in [5.41, 5.74) is 8.92. The molecule has 2 N–H and O–H groups in total. The SMILES string of the molecule is Cc1ccccc1CSC(CN)C(C)(C)C. The van der Waals surface area contributed by atoms with E-state index in [0.717, 1.165) is 12.3 Å². The molecule has 0 radical (unpaired) electrons. The van der Waals surface area contributed by atoms with Crippen LogP contribution in [-0.4, -0.2) is 11.8 Å². The van der Waals surface area contributed by atoms with Crippen molar-refractivity contribution in [2.45, 2.75) is 38.7 Å². The summed E-state index contributed by atoms with van der Waals surface area (Å²) in [6.45, 7) is 9.70. The van der Waals surface area contributed by atoms with Gasteiger partial charge >= 0.3 is 0 Å². The molecule has 0 aliphatic rings. The molecule has 1 aromatic carbocycles. The van der Waals surface area contributed by atoms with Gasteiger partial charge in [-0.15, -0.1) is 0 Å². The summed E-state index contributed by atoms with van der Waals surface area (Å²) in [6.07, 6.45) is 0. The van der Waals surface area contributed by atoms with Crippen LogP contribution in [0.2, 0.25) is 0 Å². The normalized spacial score (nSPS) is 13.8. The van der Waals surface area contributed by atoms with Crippen molar-refractivity contribution in [1.29, 1.82) is 0 Å². The van der Waals surface area contributed by atoms with Gasteiger partial charge in [0.2, 0.25) is 0 Å². The highest BCUT2D eigenvalue weighted by Crippen LogP contribution is 2.32. The maximum atomic E-state index is 5.84. The Hall–Kier alpha value is -0.470. The summed E-state index contributed by atoms with van der Waals surface area (Å²) in [5, 5.41) is 0.520. The molecule has 16 heavy (non-hydrogen) atoms. The van der Waals surface area contributed by atoms with Gasteiger partial charge in [0.1, 0.15) is 0 Å². The van der Waals surface area contributed by atoms with E-state index in [1.807, 2.05) is 11.8 Å². The average molecular weight is 237 g/mol. The lowest BCUT2D eigenvalue weighted by atomic mass is 9.92. The molecule has 0 heterocycles. The monoisotopic (exact) mass is 237 g/mol. The molecule has 0 aliphatic carbocycles. The minimum atomic E-state index is 0.280. The van der Waals surface area contributed by atoms with Crippen molar-refractivity contribution in [1.82, 2.24) is 0 Å². The van der Waals surface area contributed by atoms with Gasteiger partial charge in [0.25, 0.3) is 0 Å². The number of thioether (sulfide) groups is 1. The molecule has 0 spiro atoms. The van der Waals surface area contributed by atoms with Gasteiger partial charge in [-0.3, -0.25) is 0 Å². The lowest BCUT2D eigenvalue weighted by Crippen LogP contribution is -2.31. The van der Waals surface area contributed by atoms with E-state index in [1.165, 1.54) is 11.1 Å². The van der Waals surface area contributed by atoms with Gasteiger partial charge in [0, 0.05) is 17.5 Å². The van der Waals surface area contributed by atoms with Crippen LogP contribution in [0, 0.1) is 12.3 Å². The van der Waals surface area contributed by atoms with Gasteiger partial charge in [-0.05, 0) is 23.5 Å². The summed E-state index contributed by atoms with van der Waals surface area (Å²) in [6, 6.07) is 8.58. The molecule has 0 aromatic heterocycles. The second kappa shape index (κ2) is 5.74. The van der Waals surface area contributed by atoms with E-state index >= 15 is 0 Å². The lowest BCUT2D eigenvalue weighted by Gasteiger charge is -2.29. The zero-order valence-electron chi connectivity index (χ0n) is 10.8. The predicted octanol–water partition coefficient (Wildman–Crippen LogP) is 3.60. The molecule has 1 nitrogen and oxygen atoms in total. The highest BCUT2D eigenvalue weighted by Gasteiger charge is 2.23. The van der Waals surface area contributed by atoms with E-state index in [9.17, 15) is 0 Å². The third kappa shape index (κ3) is 3.84. The molecular formula is C14H23NS. The second-order valence-electron chi connectivity index (χ2n) is 5.33. The van der Waals surface area contributed by atoms with Crippen molar-refractivity contribution < 1.29 is 0 Å². The summed E-state index contributed by atoms with van der Waals surface area (Å²) in [7, 11) is 0. The first kappa shape index (κ1) is 13.6. The Morgan fingerprint density at radius 2 is 1.88 bits per heavy atom. The molecule has 0 amide bonds. The highest BCUT2D eigenvalue weighted by molar-refractivity contribution is 7.99. The van der Waals surface area contributed by atoms with Gasteiger partial charge < -0.3 is 5.73 Å². The molecule has 1 rings (SSSR count). The third-order valence-electron chi connectivity index (χ3n) is 2.88. The molecule has 1 unspecified atom stereocenters. The van der Waals surface area contributed by atoms with Crippen molar-refractivity contribution >= 4 is 11.8 Å². The fourth-order valence-corrected chi connectivity index (χ4v) is 2.97. The Balaban J connectivity index is 2.60. The van der Waals surface area contributed by atoms with Crippen LogP contribution >= 0.6 is 11.8 Å². The van der Waals surface area contributed by atoms with Crippen LogP contribution in [0.4, 0.5) is 0 Å². The topological polar surface area (TPSA) is 26.0 Å². The van der Waals surface area contributed by atoms with Gasteiger partial charge in [0.15, 0.2) is 0 Å². The van der Waals surface area contributed by atoms with Crippen LogP contribution in [-0.2, 0) is 5.75 Å². The maximum absolute atomic E-state index is 5.84. The Kier molecular flexibility index (Phi) is 4.88. The molecule has 0 saturated carbocycles. The van der Waals surface area contributed by atoms with Crippen LogP contribution in [0.1, 0.15) is 31.9 Å². The van der Waals surface area contributed by atoms with E-state index in [1.54, 1.807) is 0 Å². The van der Waals surface area contributed by atoms with E-state index in [2.05, 4.69) is 52.0 Å². The maximum Gasteiger partial charge on any atom is 0.0222 e. The predicted molar refractivity (Wildman–Crippen MR) is 74.8 cm³/mol. The molecule has 1 aromatic rings. The van der Waals surface area contributed by atoms with Crippen molar-refractivity contribution in [3.05, 3.63) is 35.4 Å². The molecule has 2 heteroatoms. The Morgan fingerprint density at radius 3 is 2.38 bits per heavy atom. The smallest absolute Gasteiger partial charge is 0.0222 e. The fourth-order valence-electron chi connectivity index (χ4n) is 1.63. The minimum absolute atomic E-state index is 0.280. The third-order valence-corrected chi connectivity index (χ3v) is 4.66. The van der Waals surface area contributed by atoms with Gasteiger partial charge in [-0.25, -0.2) is 0 Å². The molecular weight excluding hydrogens is 214 g/mol. The molecule has 0 fully saturated rings. The average Bonchev–Trinajstić information content (AvgIpc) is 2.19. The van der Waals surface area contributed by atoms with Crippen molar-refractivity contribution in [2.24, 2.45) is 11.1 Å². The van der Waals surface area contributed by atoms with Crippen molar-refractivity contribution in [3.8, 4) is 0 Å². The van der Waals surface area contributed by atoms with Crippen LogP contribution in [0.5, 0.6) is 0 Å². The Bertz CT molecular complexity index is 328. The molecule has 1 atom stereocenters. The van der Waals surface area contributed by atoms with Gasteiger partial charge in [0.05, 0.1) is 0 Å². The zero-order valence-corrected chi connectivity index (χ0v) is 11.6. The first-order valence-electron chi connectivity index (χ1n) is 5.81. The van der Waals surface area contributed by atoms with E-state index in [4.69, 9.17) is 5.73 Å². The fraction of sp³-hybridized carbons (Fsp3) is 0.571.